The number of amides is 1. The van der Waals surface area contributed by atoms with E-state index in [1.165, 1.54) is 6.07 Å². The summed E-state index contributed by atoms with van der Waals surface area (Å²) in [5, 5.41) is 6.09. The van der Waals surface area contributed by atoms with Crippen molar-refractivity contribution in [3.8, 4) is 0 Å². The van der Waals surface area contributed by atoms with E-state index in [0.29, 0.717) is 6.04 Å². The standard InChI is InChI=1S/C13H15FN2O/c14-10-3-1-2-4-12(10)16-13(17)9-7-8-5-6-11(9)15-8/h1-4,8-9,11,15H,5-7H2,(H,16,17). The lowest BCUT2D eigenvalue weighted by Crippen LogP contribution is -2.33. The van der Waals surface area contributed by atoms with E-state index in [2.05, 4.69) is 10.6 Å². The maximum atomic E-state index is 13.4. The van der Waals surface area contributed by atoms with Crippen LogP contribution in [0.3, 0.4) is 0 Å². The lowest BCUT2D eigenvalue weighted by molar-refractivity contribution is -0.120. The Hall–Kier alpha value is -1.42. The molecule has 0 saturated carbocycles. The number of carbonyl (C=O) groups is 1. The van der Waals surface area contributed by atoms with Crippen LogP contribution in [0, 0.1) is 11.7 Å². The Morgan fingerprint density at radius 2 is 2.18 bits per heavy atom. The highest BCUT2D eigenvalue weighted by Crippen LogP contribution is 2.34. The fourth-order valence-electron chi connectivity index (χ4n) is 2.90. The fraction of sp³-hybridized carbons (Fsp3) is 0.462. The molecular formula is C13H15FN2O. The summed E-state index contributed by atoms with van der Waals surface area (Å²) in [6.45, 7) is 0. The topological polar surface area (TPSA) is 41.1 Å². The number of nitrogens with one attached hydrogen (secondary N) is 2. The molecule has 1 aromatic carbocycles. The Labute approximate surface area is 99.4 Å². The lowest BCUT2D eigenvalue weighted by Gasteiger charge is -2.19. The SMILES string of the molecule is O=C(Nc1ccccc1F)C1CC2CCC1N2. The molecule has 0 aliphatic carbocycles. The van der Waals surface area contributed by atoms with Crippen LogP contribution in [-0.2, 0) is 4.79 Å². The Balaban J connectivity index is 1.70. The minimum absolute atomic E-state index is 0.00615. The van der Waals surface area contributed by atoms with Gasteiger partial charge in [-0.15, -0.1) is 0 Å². The van der Waals surface area contributed by atoms with E-state index in [1.54, 1.807) is 18.2 Å². The Morgan fingerprint density at radius 1 is 1.35 bits per heavy atom. The molecule has 2 aliphatic heterocycles. The number of hydrogen-bond acceptors (Lipinski definition) is 2. The first-order valence-electron chi connectivity index (χ1n) is 6.05. The molecule has 2 aliphatic rings. The maximum Gasteiger partial charge on any atom is 0.229 e. The van der Waals surface area contributed by atoms with Gasteiger partial charge in [0.2, 0.25) is 5.91 Å². The van der Waals surface area contributed by atoms with Crippen LogP contribution in [0.1, 0.15) is 19.3 Å². The highest BCUT2D eigenvalue weighted by Gasteiger charge is 2.42. The molecule has 3 atom stereocenters. The van der Waals surface area contributed by atoms with Gasteiger partial charge in [0.15, 0.2) is 0 Å². The molecule has 90 valence electrons. The Morgan fingerprint density at radius 3 is 2.82 bits per heavy atom. The van der Waals surface area contributed by atoms with Crippen molar-refractivity contribution in [2.75, 3.05) is 5.32 Å². The van der Waals surface area contributed by atoms with Crippen LogP contribution >= 0.6 is 0 Å². The third kappa shape index (κ3) is 1.93. The van der Waals surface area contributed by atoms with Crippen molar-refractivity contribution < 1.29 is 9.18 Å². The molecule has 2 bridgehead atoms. The first-order chi connectivity index (χ1) is 8.24. The number of hydrogen-bond donors (Lipinski definition) is 2. The summed E-state index contributed by atoms with van der Waals surface area (Å²) in [6.07, 6.45) is 3.10. The lowest BCUT2D eigenvalue weighted by atomic mass is 9.88. The van der Waals surface area contributed by atoms with Gasteiger partial charge in [0.1, 0.15) is 5.82 Å². The number of halogens is 1. The predicted molar refractivity (Wildman–Crippen MR) is 63.1 cm³/mol. The molecule has 2 heterocycles. The predicted octanol–water partition coefficient (Wildman–Crippen LogP) is 1.90. The maximum absolute atomic E-state index is 13.4. The van der Waals surface area contributed by atoms with E-state index in [0.717, 1.165) is 19.3 Å². The van der Waals surface area contributed by atoms with Crippen LogP contribution in [-0.4, -0.2) is 18.0 Å². The summed E-state index contributed by atoms with van der Waals surface area (Å²) in [6, 6.07) is 7.05. The zero-order chi connectivity index (χ0) is 11.8. The van der Waals surface area contributed by atoms with Crippen molar-refractivity contribution in [1.82, 2.24) is 5.32 Å². The molecule has 2 saturated heterocycles. The van der Waals surface area contributed by atoms with E-state index >= 15 is 0 Å². The van der Waals surface area contributed by atoms with Gasteiger partial charge in [-0.25, -0.2) is 4.39 Å². The van der Waals surface area contributed by atoms with Gasteiger partial charge >= 0.3 is 0 Å². The number of anilines is 1. The van der Waals surface area contributed by atoms with Crippen LogP contribution in [0.15, 0.2) is 24.3 Å². The van der Waals surface area contributed by atoms with Crippen molar-refractivity contribution in [2.45, 2.75) is 31.3 Å². The molecule has 17 heavy (non-hydrogen) atoms. The molecular weight excluding hydrogens is 219 g/mol. The molecule has 2 fully saturated rings. The van der Waals surface area contributed by atoms with Crippen molar-refractivity contribution >= 4 is 11.6 Å². The Bertz CT molecular complexity index is 449. The van der Waals surface area contributed by atoms with Crippen LogP contribution in [0.25, 0.3) is 0 Å². The number of para-hydroxylation sites is 1. The van der Waals surface area contributed by atoms with E-state index < -0.39 is 0 Å². The number of benzene rings is 1. The van der Waals surface area contributed by atoms with Gasteiger partial charge in [0, 0.05) is 12.1 Å². The summed E-state index contributed by atoms with van der Waals surface area (Å²) < 4.78 is 13.4. The molecule has 3 nitrogen and oxygen atoms in total. The highest BCUT2D eigenvalue weighted by atomic mass is 19.1. The third-order valence-electron chi connectivity index (χ3n) is 3.77. The third-order valence-corrected chi connectivity index (χ3v) is 3.77. The van der Waals surface area contributed by atoms with Crippen LogP contribution in [0.2, 0.25) is 0 Å². The molecule has 1 amide bonds. The monoisotopic (exact) mass is 234 g/mol. The zero-order valence-corrected chi connectivity index (χ0v) is 9.45. The van der Waals surface area contributed by atoms with Crippen LogP contribution < -0.4 is 10.6 Å². The van der Waals surface area contributed by atoms with Gasteiger partial charge in [-0.05, 0) is 31.4 Å². The summed E-state index contributed by atoms with van der Waals surface area (Å²) >= 11 is 0. The van der Waals surface area contributed by atoms with E-state index in [-0.39, 0.29) is 29.4 Å². The molecule has 2 N–H and O–H groups in total. The normalized spacial score (nSPS) is 30.5. The summed E-state index contributed by atoms with van der Waals surface area (Å²) in [4.78, 5) is 12.0. The smallest absolute Gasteiger partial charge is 0.229 e. The first-order valence-corrected chi connectivity index (χ1v) is 6.05. The quantitative estimate of drug-likeness (QED) is 0.820. The van der Waals surface area contributed by atoms with E-state index in [1.807, 2.05) is 0 Å². The first kappa shape index (κ1) is 10.7. The van der Waals surface area contributed by atoms with Crippen molar-refractivity contribution in [1.29, 1.82) is 0 Å². The van der Waals surface area contributed by atoms with Gasteiger partial charge < -0.3 is 10.6 Å². The second kappa shape index (κ2) is 4.11. The van der Waals surface area contributed by atoms with Gasteiger partial charge in [-0.2, -0.15) is 0 Å². The molecule has 1 aromatic rings. The second-order valence-corrected chi connectivity index (χ2v) is 4.86. The zero-order valence-electron chi connectivity index (χ0n) is 9.45. The van der Waals surface area contributed by atoms with Gasteiger partial charge in [-0.1, -0.05) is 12.1 Å². The van der Waals surface area contributed by atoms with Gasteiger partial charge in [0.25, 0.3) is 0 Å². The van der Waals surface area contributed by atoms with Crippen molar-refractivity contribution in [3.05, 3.63) is 30.1 Å². The molecule has 0 radical (unpaired) electrons. The van der Waals surface area contributed by atoms with Gasteiger partial charge in [0.05, 0.1) is 11.6 Å². The number of rotatable bonds is 2. The largest absolute Gasteiger partial charge is 0.323 e. The average molecular weight is 234 g/mol. The minimum Gasteiger partial charge on any atom is -0.323 e. The fourth-order valence-corrected chi connectivity index (χ4v) is 2.90. The molecule has 0 aromatic heterocycles. The Kier molecular flexibility index (Phi) is 2.59. The number of carbonyl (C=O) groups excluding carboxylic acids is 1. The summed E-state index contributed by atoms with van der Waals surface area (Å²) in [7, 11) is 0. The average Bonchev–Trinajstić information content (AvgIpc) is 2.94. The minimum atomic E-state index is -0.378. The van der Waals surface area contributed by atoms with E-state index in [4.69, 9.17) is 0 Å². The second-order valence-electron chi connectivity index (χ2n) is 4.86. The molecule has 0 spiro atoms. The van der Waals surface area contributed by atoms with Gasteiger partial charge in [-0.3, -0.25) is 4.79 Å². The number of fused-ring (bicyclic) bond motifs is 2. The highest BCUT2D eigenvalue weighted by molar-refractivity contribution is 5.93. The molecule has 3 rings (SSSR count). The van der Waals surface area contributed by atoms with E-state index in [9.17, 15) is 9.18 Å². The summed E-state index contributed by atoms with van der Waals surface area (Å²) in [5.41, 5.74) is 0.278. The van der Waals surface area contributed by atoms with Crippen LogP contribution in [0.5, 0.6) is 0 Å². The van der Waals surface area contributed by atoms with Crippen molar-refractivity contribution in [3.63, 3.8) is 0 Å². The van der Waals surface area contributed by atoms with Crippen molar-refractivity contribution in [2.24, 2.45) is 5.92 Å². The van der Waals surface area contributed by atoms with Crippen LogP contribution in [0.4, 0.5) is 10.1 Å². The summed E-state index contributed by atoms with van der Waals surface area (Å²) in [5.74, 6) is -0.444. The molecule has 4 heteroatoms. The molecule has 3 unspecified atom stereocenters.